The third kappa shape index (κ3) is 2.21. The molecular formula is C11H11FN2O3S. The number of hydrogen-bond donors (Lipinski definition) is 1. The minimum Gasteiger partial charge on any atom is -0.507 e. The second-order valence-electron chi connectivity index (χ2n) is 3.66. The number of rotatable bonds is 3. The van der Waals surface area contributed by atoms with Crippen LogP contribution in [0, 0.1) is 5.82 Å². The van der Waals surface area contributed by atoms with Crippen molar-refractivity contribution in [3.8, 4) is 16.9 Å². The maximum atomic E-state index is 12.8. The van der Waals surface area contributed by atoms with Gasteiger partial charge in [0.15, 0.2) is 0 Å². The number of hydrogen-bond acceptors (Lipinski definition) is 4. The van der Waals surface area contributed by atoms with Crippen LogP contribution in [0.2, 0.25) is 0 Å². The summed E-state index contributed by atoms with van der Waals surface area (Å²) in [5.74, 6) is -0.906. The van der Waals surface area contributed by atoms with Crippen LogP contribution in [0.15, 0.2) is 30.6 Å². The number of aromatic hydroxyl groups is 1. The average molecular weight is 270 g/mol. The zero-order chi connectivity index (χ0) is 13.3. The summed E-state index contributed by atoms with van der Waals surface area (Å²) in [4.78, 5) is 0. The van der Waals surface area contributed by atoms with Crippen molar-refractivity contribution in [2.24, 2.45) is 0 Å². The van der Waals surface area contributed by atoms with E-state index in [0.717, 1.165) is 10.2 Å². The van der Waals surface area contributed by atoms with Crippen LogP contribution in [0.25, 0.3) is 11.1 Å². The molecule has 1 N–H and O–H groups in total. The van der Waals surface area contributed by atoms with Crippen molar-refractivity contribution in [1.29, 1.82) is 0 Å². The van der Waals surface area contributed by atoms with E-state index in [2.05, 4.69) is 5.10 Å². The second-order valence-corrected chi connectivity index (χ2v) is 5.78. The van der Waals surface area contributed by atoms with Gasteiger partial charge in [-0.15, -0.1) is 0 Å². The molecule has 0 amide bonds. The van der Waals surface area contributed by atoms with Gasteiger partial charge in [0.1, 0.15) is 11.6 Å². The number of benzene rings is 1. The van der Waals surface area contributed by atoms with E-state index in [9.17, 15) is 17.9 Å². The molecule has 0 bridgehead atoms. The third-order valence-electron chi connectivity index (χ3n) is 2.48. The minimum atomic E-state index is -3.46. The highest BCUT2D eigenvalue weighted by molar-refractivity contribution is 7.89. The maximum absolute atomic E-state index is 12.8. The van der Waals surface area contributed by atoms with E-state index >= 15 is 0 Å². The summed E-state index contributed by atoms with van der Waals surface area (Å²) in [7, 11) is -3.46. The van der Waals surface area contributed by atoms with E-state index in [0.29, 0.717) is 11.1 Å². The lowest BCUT2D eigenvalue weighted by Gasteiger charge is -2.01. The van der Waals surface area contributed by atoms with Crippen LogP contribution < -0.4 is 0 Å². The van der Waals surface area contributed by atoms with Crippen molar-refractivity contribution in [3.05, 3.63) is 36.4 Å². The van der Waals surface area contributed by atoms with Crippen molar-refractivity contribution in [2.45, 2.75) is 6.92 Å². The smallest absolute Gasteiger partial charge is 0.253 e. The average Bonchev–Trinajstić information content (AvgIpc) is 2.79. The van der Waals surface area contributed by atoms with Crippen LogP contribution in [-0.4, -0.2) is 28.5 Å². The lowest BCUT2D eigenvalue weighted by atomic mass is 10.1. The Kier molecular flexibility index (Phi) is 3.08. The van der Waals surface area contributed by atoms with Crippen molar-refractivity contribution < 1.29 is 17.9 Å². The third-order valence-corrected chi connectivity index (χ3v) is 3.98. The molecule has 0 aliphatic carbocycles. The quantitative estimate of drug-likeness (QED) is 0.919. The first-order chi connectivity index (χ1) is 8.44. The van der Waals surface area contributed by atoms with Crippen LogP contribution in [0.4, 0.5) is 4.39 Å². The van der Waals surface area contributed by atoms with Gasteiger partial charge in [-0.1, -0.05) is 0 Å². The Hall–Kier alpha value is -1.89. The van der Waals surface area contributed by atoms with Crippen LogP contribution in [0.1, 0.15) is 6.92 Å². The second kappa shape index (κ2) is 4.41. The fourth-order valence-corrected chi connectivity index (χ4v) is 2.21. The van der Waals surface area contributed by atoms with E-state index in [-0.39, 0.29) is 11.5 Å². The summed E-state index contributed by atoms with van der Waals surface area (Å²) in [5.41, 5.74) is 0.735. The van der Waals surface area contributed by atoms with Crippen LogP contribution in [-0.2, 0) is 10.0 Å². The highest BCUT2D eigenvalue weighted by atomic mass is 32.2. The highest BCUT2D eigenvalue weighted by Gasteiger charge is 2.14. The Morgan fingerprint density at radius 2 is 2.17 bits per heavy atom. The minimum absolute atomic E-state index is 0.0798. The fraction of sp³-hybridized carbons (Fsp3) is 0.182. The SMILES string of the molecule is CCS(=O)(=O)n1cc(-c2ccc(F)cc2O)cn1. The van der Waals surface area contributed by atoms with Crippen LogP contribution >= 0.6 is 0 Å². The Labute approximate surface area is 104 Å². The first-order valence-corrected chi connectivity index (χ1v) is 6.82. The Bertz CT molecular complexity index is 679. The van der Waals surface area contributed by atoms with E-state index in [1.54, 1.807) is 0 Å². The van der Waals surface area contributed by atoms with E-state index in [1.165, 1.54) is 31.5 Å². The standard InChI is InChI=1S/C11H11FN2O3S/c1-2-18(16,17)14-7-8(6-13-14)10-4-3-9(12)5-11(10)15/h3-7,15H,2H2,1H3. The number of phenols is 1. The van der Waals surface area contributed by atoms with Gasteiger partial charge < -0.3 is 5.11 Å². The molecule has 0 radical (unpaired) electrons. The van der Waals surface area contributed by atoms with Gasteiger partial charge in [0.2, 0.25) is 0 Å². The number of nitrogens with zero attached hydrogens (tertiary/aromatic N) is 2. The zero-order valence-electron chi connectivity index (χ0n) is 9.54. The van der Waals surface area contributed by atoms with Crippen LogP contribution in [0.5, 0.6) is 5.75 Å². The number of phenolic OH excluding ortho intramolecular Hbond substituents is 1. The molecule has 96 valence electrons. The van der Waals surface area contributed by atoms with Crippen LogP contribution in [0.3, 0.4) is 0 Å². The Balaban J connectivity index is 2.48. The molecule has 0 atom stereocenters. The molecule has 7 heteroatoms. The maximum Gasteiger partial charge on any atom is 0.253 e. The zero-order valence-corrected chi connectivity index (χ0v) is 10.4. The number of aromatic nitrogens is 2. The summed E-state index contributed by atoms with van der Waals surface area (Å²) in [5, 5.41) is 13.3. The predicted molar refractivity (Wildman–Crippen MR) is 64.1 cm³/mol. The van der Waals surface area contributed by atoms with Gasteiger partial charge in [-0.3, -0.25) is 0 Å². The largest absolute Gasteiger partial charge is 0.507 e. The predicted octanol–water partition coefficient (Wildman–Crippen LogP) is 1.59. The first kappa shape index (κ1) is 12.6. The van der Waals surface area contributed by atoms with Gasteiger partial charge in [-0.25, -0.2) is 12.8 Å². The monoisotopic (exact) mass is 270 g/mol. The molecule has 1 aromatic heterocycles. The molecule has 0 fully saturated rings. The lowest BCUT2D eigenvalue weighted by Crippen LogP contribution is -2.14. The van der Waals surface area contributed by atoms with Gasteiger partial charge in [-0.05, 0) is 19.1 Å². The van der Waals surface area contributed by atoms with Gasteiger partial charge >= 0.3 is 0 Å². The van der Waals surface area contributed by atoms with Gasteiger partial charge in [0.25, 0.3) is 10.0 Å². The van der Waals surface area contributed by atoms with Crippen molar-refractivity contribution in [2.75, 3.05) is 5.75 Å². The molecule has 1 aromatic carbocycles. The van der Waals surface area contributed by atoms with Gasteiger partial charge in [-0.2, -0.15) is 9.19 Å². The Morgan fingerprint density at radius 1 is 1.44 bits per heavy atom. The molecule has 0 aliphatic heterocycles. The molecular weight excluding hydrogens is 259 g/mol. The van der Waals surface area contributed by atoms with Crippen molar-refractivity contribution >= 4 is 10.0 Å². The molecule has 1 heterocycles. The first-order valence-electron chi connectivity index (χ1n) is 5.21. The molecule has 0 unspecified atom stereocenters. The molecule has 2 rings (SSSR count). The lowest BCUT2D eigenvalue weighted by molar-refractivity contribution is 0.471. The molecule has 2 aromatic rings. The normalized spacial score (nSPS) is 11.7. The Morgan fingerprint density at radius 3 is 2.78 bits per heavy atom. The van der Waals surface area contributed by atoms with Crippen molar-refractivity contribution in [1.82, 2.24) is 9.19 Å². The topological polar surface area (TPSA) is 72.2 Å². The number of halogens is 1. The summed E-state index contributed by atoms with van der Waals surface area (Å²) < 4.78 is 36.8. The molecule has 0 saturated heterocycles. The van der Waals surface area contributed by atoms with Gasteiger partial charge in [0, 0.05) is 17.2 Å². The van der Waals surface area contributed by atoms with Gasteiger partial charge in [0.05, 0.1) is 18.1 Å². The molecule has 5 nitrogen and oxygen atoms in total. The molecule has 0 saturated carbocycles. The van der Waals surface area contributed by atoms with E-state index in [1.807, 2.05) is 0 Å². The highest BCUT2D eigenvalue weighted by Crippen LogP contribution is 2.29. The fourth-order valence-electron chi connectivity index (χ4n) is 1.48. The summed E-state index contributed by atoms with van der Waals surface area (Å²) >= 11 is 0. The molecule has 18 heavy (non-hydrogen) atoms. The van der Waals surface area contributed by atoms with Crippen molar-refractivity contribution in [3.63, 3.8) is 0 Å². The summed E-state index contributed by atoms with van der Waals surface area (Å²) in [6.07, 6.45) is 2.59. The van der Waals surface area contributed by atoms with E-state index < -0.39 is 15.8 Å². The van der Waals surface area contributed by atoms with E-state index in [4.69, 9.17) is 0 Å². The molecule has 0 spiro atoms. The molecule has 0 aliphatic rings. The summed E-state index contributed by atoms with van der Waals surface area (Å²) in [6, 6.07) is 3.51. The summed E-state index contributed by atoms with van der Waals surface area (Å²) in [6.45, 7) is 1.51.